The van der Waals surface area contributed by atoms with E-state index in [2.05, 4.69) is 21.0 Å². The molecule has 0 aliphatic carbocycles. The first-order valence-electron chi connectivity index (χ1n) is 10.3. The Morgan fingerprint density at radius 3 is 2.06 bits per heavy atom. The maximum Gasteiger partial charge on any atom is 0.247 e. The minimum Gasteiger partial charge on any atom is -0.493 e. The van der Waals surface area contributed by atoms with Gasteiger partial charge >= 0.3 is 0 Å². The number of aromatic nitrogens is 2. The molecule has 0 saturated heterocycles. The van der Waals surface area contributed by atoms with Crippen molar-refractivity contribution in [3.8, 4) is 34.0 Å². The molecule has 0 spiro atoms. The standard InChI is InChI=1S/C26H23BrN4O2/c1-31(28-17-18-9-14-24(32-2)25(15-18)33-3)26-29-22(19-7-5-4-6-8-19)16-23(30-26)20-10-12-21(27)13-11-20/h4-17H,1-3H3/b28-17-. The van der Waals surface area contributed by atoms with Gasteiger partial charge in [0, 0.05) is 22.6 Å². The van der Waals surface area contributed by atoms with Crippen LogP contribution in [0.25, 0.3) is 22.5 Å². The molecule has 4 aromatic rings. The van der Waals surface area contributed by atoms with Crippen molar-refractivity contribution >= 4 is 28.1 Å². The van der Waals surface area contributed by atoms with E-state index < -0.39 is 0 Å². The Balaban J connectivity index is 1.70. The van der Waals surface area contributed by atoms with Crippen molar-refractivity contribution in [2.45, 2.75) is 0 Å². The lowest BCUT2D eigenvalue weighted by molar-refractivity contribution is 0.355. The largest absolute Gasteiger partial charge is 0.493 e. The molecule has 1 heterocycles. The van der Waals surface area contributed by atoms with Crippen LogP contribution in [0.3, 0.4) is 0 Å². The van der Waals surface area contributed by atoms with Crippen molar-refractivity contribution in [3.63, 3.8) is 0 Å². The Morgan fingerprint density at radius 2 is 1.42 bits per heavy atom. The van der Waals surface area contributed by atoms with Crippen molar-refractivity contribution in [2.24, 2.45) is 5.10 Å². The lowest BCUT2D eigenvalue weighted by Gasteiger charge is -2.14. The molecule has 3 aromatic carbocycles. The summed E-state index contributed by atoms with van der Waals surface area (Å²) in [7, 11) is 5.05. The summed E-state index contributed by atoms with van der Waals surface area (Å²) < 4.78 is 11.7. The molecule has 0 N–H and O–H groups in total. The molecular formula is C26H23BrN4O2. The summed E-state index contributed by atoms with van der Waals surface area (Å²) >= 11 is 3.49. The van der Waals surface area contributed by atoms with E-state index in [-0.39, 0.29) is 0 Å². The third kappa shape index (κ3) is 5.38. The van der Waals surface area contributed by atoms with Crippen LogP contribution >= 0.6 is 15.9 Å². The molecule has 0 amide bonds. The molecule has 4 rings (SSSR count). The quantitative estimate of drug-likeness (QED) is 0.227. The van der Waals surface area contributed by atoms with Crippen LogP contribution in [0.5, 0.6) is 11.5 Å². The lowest BCUT2D eigenvalue weighted by Crippen LogP contribution is -2.13. The molecule has 0 unspecified atom stereocenters. The van der Waals surface area contributed by atoms with Crippen LogP contribution in [-0.2, 0) is 0 Å². The van der Waals surface area contributed by atoms with Gasteiger partial charge in [0.15, 0.2) is 11.5 Å². The molecule has 0 aliphatic rings. The van der Waals surface area contributed by atoms with Crippen LogP contribution in [0.1, 0.15) is 5.56 Å². The third-order valence-electron chi connectivity index (χ3n) is 5.00. The minimum atomic E-state index is 0.492. The summed E-state index contributed by atoms with van der Waals surface area (Å²) in [4.78, 5) is 9.54. The highest BCUT2D eigenvalue weighted by atomic mass is 79.9. The average Bonchev–Trinajstić information content (AvgIpc) is 2.87. The van der Waals surface area contributed by atoms with Gasteiger partial charge in [0.2, 0.25) is 5.95 Å². The minimum absolute atomic E-state index is 0.492. The predicted octanol–water partition coefficient (Wildman–Crippen LogP) is 6.06. The fraction of sp³-hybridized carbons (Fsp3) is 0.115. The maximum absolute atomic E-state index is 5.38. The van der Waals surface area contributed by atoms with Crippen LogP contribution in [0.2, 0.25) is 0 Å². The van der Waals surface area contributed by atoms with Gasteiger partial charge in [-0.1, -0.05) is 58.4 Å². The Morgan fingerprint density at radius 1 is 0.788 bits per heavy atom. The first kappa shape index (κ1) is 22.5. The number of rotatable bonds is 7. The van der Waals surface area contributed by atoms with Gasteiger partial charge in [0.1, 0.15) is 0 Å². The fourth-order valence-electron chi connectivity index (χ4n) is 3.24. The molecule has 0 atom stereocenters. The SMILES string of the molecule is COc1ccc(/C=N\N(C)c2nc(-c3ccccc3)cc(-c3ccc(Br)cc3)n2)cc1OC. The van der Waals surface area contributed by atoms with Crippen LogP contribution in [0.4, 0.5) is 5.95 Å². The smallest absolute Gasteiger partial charge is 0.247 e. The number of methoxy groups -OCH3 is 2. The zero-order valence-corrected chi connectivity index (χ0v) is 20.2. The molecule has 0 bridgehead atoms. The molecule has 6 nitrogen and oxygen atoms in total. The molecular weight excluding hydrogens is 480 g/mol. The van der Waals surface area contributed by atoms with Crippen molar-refractivity contribution in [1.82, 2.24) is 9.97 Å². The maximum atomic E-state index is 5.38. The summed E-state index contributed by atoms with van der Waals surface area (Å²) in [6, 6.07) is 25.7. The number of halogens is 1. The highest BCUT2D eigenvalue weighted by molar-refractivity contribution is 9.10. The molecule has 0 fully saturated rings. The normalized spacial score (nSPS) is 10.9. The zero-order chi connectivity index (χ0) is 23.2. The molecule has 7 heteroatoms. The van der Waals surface area contributed by atoms with Gasteiger partial charge in [-0.3, -0.25) is 0 Å². The monoisotopic (exact) mass is 502 g/mol. The van der Waals surface area contributed by atoms with E-state index in [1.54, 1.807) is 25.4 Å². The van der Waals surface area contributed by atoms with Gasteiger partial charge < -0.3 is 9.47 Å². The second-order valence-electron chi connectivity index (χ2n) is 7.19. The predicted molar refractivity (Wildman–Crippen MR) is 136 cm³/mol. The number of nitrogens with zero attached hydrogens (tertiary/aromatic N) is 4. The van der Waals surface area contributed by atoms with Gasteiger partial charge in [-0.15, -0.1) is 0 Å². The zero-order valence-electron chi connectivity index (χ0n) is 18.6. The second-order valence-corrected chi connectivity index (χ2v) is 8.11. The average molecular weight is 503 g/mol. The Kier molecular flexibility index (Phi) is 7.00. The van der Waals surface area contributed by atoms with E-state index in [4.69, 9.17) is 19.4 Å². The summed E-state index contributed by atoms with van der Waals surface area (Å²) in [5, 5.41) is 6.22. The van der Waals surface area contributed by atoms with E-state index in [0.29, 0.717) is 17.4 Å². The van der Waals surface area contributed by atoms with E-state index in [9.17, 15) is 0 Å². The number of ether oxygens (including phenoxy) is 2. The van der Waals surface area contributed by atoms with Crippen LogP contribution in [0, 0.1) is 0 Å². The number of anilines is 1. The van der Waals surface area contributed by atoms with Gasteiger partial charge in [-0.05, 0) is 42.0 Å². The van der Waals surface area contributed by atoms with Crippen LogP contribution in [-0.4, -0.2) is 37.4 Å². The summed E-state index contributed by atoms with van der Waals surface area (Å²) in [5.74, 6) is 1.80. The fourth-order valence-corrected chi connectivity index (χ4v) is 3.51. The van der Waals surface area contributed by atoms with E-state index in [0.717, 1.165) is 32.6 Å². The van der Waals surface area contributed by atoms with Crippen molar-refractivity contribution < 1.29 is 9.47 Å². The van der Waals surface area contributed by atoms with Gasteiger partial charge in [-0.25, -0.2) is 15.0 Å². The van der Waals surface area contributed by atoms with E-state index >= 15 is 0 Å². The Hall–Kier alpha value is -3.71. The van der Waals surface area contributed by atoms with E-state index in [1.165, 1.54) is 0 Å². The molecule has 0 saturated carbocycles. The number of benzene rings is 3. The van der Waals surface area contributed by atoms with Crippen LogP contribution < -0.4 is 14.5 Å². The Bertz CT molecular complexity index is 1260. The second kappa shape index (κ2) is 10.3. The van der Waals surface area contributed by atoms with Gasteiger partial charge in [0.25, 0.3) is 0 Å². The lowest BCUT2D eigenvalue weighted by atomic mass is 10.1. The molecule has 1 aromatic heterocycles. The number of hydrogen-bond donors (Lipinski definition) is 0. The Labute approximate surface area is 201 Å². The third-order valence-corrected chi connectivity index (χ3v) is 5.53. The van der Waals surface area contributed by atoms with Gasteiger partial charge in [-0.2, -0.15) is 5.10 Å². The molecule has 33 heavy (non-hydrogen) atoms. The van der Waals surface area contributed by atoms with Crippen molar-refractivity contribution in [2.75, 3.05) is 26.3 Å². The first-order valence-corrected chi connectivity index (χ1v) is 11.1. The van der Waals surface area contributed by atoms with Crippen molar-refractivity contribution in [3.05, 3.63) is 88.9 Å². The summed E-state index contributed by atoms with van der Waals surface area (Å²) in [6.07, 6.45) is 1.74. The molecule has 0 aliphatic heterocycles. The topological polar surface area (TPSA) is 59.8 Å². The number of hydrogen-bond acceptors (Lipinski definition) is 6. The first-order chi connectivity index (χ1) is 16.1. The van der Waals surface area contributed by atoms with E-state index in [1.807, 2.05) is 85.9 Å². The molecule has 166 valence electrons. The van der Waals surface area contributed by atoms with Gasteiger partial charge in [0.05, 0.1) is 31.8 Å². The highest BCUT2D eigenvalue weighted by Gasteiger charge is 2.12. The highest BCUT2D eigenvalue weighted by Crippen LogP contribution is 2.28. The number of hydrazone groups is 1. The summed E-state index contributed by atoms with van der Waals surface area (Å²) in [6.45, 7) is 0. The van der Waals surface area contributed by atoms with Crippen molar-refractivity contribution in [1.29, 1.82) is 0 Å². The summed E-state index contributed by atoms with van der Waals surface area (Å²) in [5.41, 5.74) is 4.52. The van der Waals surface area contributed by atoms with Crippen LogP contribution in [0.15, 0.2) is 88.4 Å². The molecule has 0 radical (unpaired) electrons.